The molecule has 0 amide bonds. The predicted molar refractivity (Wildman–Crippen MR) is 50.7 cm³/mol. The topological polar surface area (TPSA) is 77.8 Å². The molecule has 4 nitrogen and oxygen atoms in total. The molecule has 0 heterocycles. The van der Waals surface area contributed by atoms with Gasteiger partial charge in [0.25, 0.3) is 0 Å². The number of carbonyl (C=O) groups is 1. The van der Waals surface area contributed by atoms with E-state index in [0.717, 1.165) is 5.92 Å². The van der Waals surface area contributed by atoms with Crippen molar-refractivity contribution >= 4 is 6.16 Å². The molecule has 1 aromatic rings. The molecule has 14 heavy (non-hydrogen) atoms. The maximum Gasteiger partial charge on any atom is 0.503 e. The predicted octanol–water partition coefficient (Wildman–Crippen LogP) is 2.49. The molecule has 1 saturated carbocycles. The zero-order valence-electron chi connectivity index (χ0n) is 7.55. The molecule has 0 radical (unpaired) electrons. The molecule has 1 fully saturated rings. The van der Waals surface area contributed by atoms with Crippen LogP contribution in [0.15, 0.2) is 24.3 Å². The van der Waals surface area contributed by atoms with Crippen molar-refractivity contribution in [1.29, 1.82) is 0 Å². The van der Waals surface area contributed by atoms with Gasteiger partial charge in [-0.25, -0.2) is 4.79 Å². The van der Waals surface area contributed by atoms with Gasteiger partial charge in [-0.2, -0.15) is 0 Å². The molecule has 0 saturated heterocycles. The van der Waals surface area contributed by atoms with Crippen LogP contribution in [0.1, 0.15) is 24.3 Å². The second-order valence-corrected chi connectivity index (χ2v) is 3.15. The van der Waals surface area contributed by atoms with Gasteiger partial charge >= 0.3 is 6.16 Å². The van der Waals surface area contributed by atoms with E-state index in [9.17, 15) is 0 Å². The lowest BCUT2D eigenvalue weighted by molar-refractivity contribution is 0.137. The lowest BCUT2D eigenvalue weighted by Gasteiger charge is -1.95. The van der Waals surface area contributed by atoms with E-state index in [0.29, 0.717) is 5.75 Å². The zero-order chi connectivity index (χ0) is 10.6. The molecule has 0 spiro atoms. The normalized spacial score (nSPS) is 14.0. The number of aromatic hydroxyl groups is 1. The highest BCUT2D eigenvalue weighted by molar-refractivity contribution is 5.53. The summed E-state index contributed by atoms with van der Waals surface area (Å²) in [7, 11) is 0. The molecule has 0 unspecified atom stereocenters. The van der Waals surface area contributed by atoms with Crippen molar-refractivity contribution in [3.63, 3.8) is 0 Å². The summed E-state index contributed by atoms with van der Waals surface area (Å²) in [6, 6.07) is 7.53. The third-order valence-corrected chi connectivity index (χ3v) is 1.94. The fourth-order valence-electron chi connectivity index (χ4n) is 1.16. The molecule has 1 aliphatic rings. The first-order chi connectivity index (χ1) is 6.59. The molecule has 2 rings (SSSR count). The van der Waals surface area contributed by atoms with Crippen LogP contribution in [-0.4, -0.2) is 21.5 Å². The quantitative estimate of drug-likeness (QED) is 0.644. The van der Waals surface area contributed by atoms with Gasteiger partial charge in [-0.05, 0) is 36.5 Å². The summed E-state index contributed by atoms with van der Waals surface area (Å²) in [5.74, 6) is 1.16. The fraction of sp³-hybridized carbons (Fsp3) is 0.300. The number of phenols is 1. The standard InChI is InChI=1S/C9H10O.CH2O3/c10-9-5-3-8(4-6-9)7-1-2-7;2-1(3)4/h3-7,10H,1-2H2;(H2,2,3,4). The molecule has 3 N–H and O–H groups in total. The zero-order valence-corrected chi connectivity index (χ0v) is 7.55. The van der Waals surface area contributed by atoms with Crippen LogP contribution in [0, 0.1) is 0 Å². The Labute approximate surface area is 81.4 Å². The van der Waals surface area contributed by atoms with Crippen LogP contribution in [0.5, 0.6) is 5.75 Å². The fourth-order valence-corrected chi connectivity index (χ4v) is 1.16. The van der Waals surface area contributed by atoms with E-state index >= 15 is 0 Å². The van der Waals surface area contributed by atoms with Crippen LogP contribution < -0.4 is 0 Å². The number of hydrogen-bond donors (Lipinski definition) is 3. The van der Waals surface area contributed by atoms with Crippen LogP contribution >= 0.6 is 0 Å². The highest BCUT2D eigenvalue weighted by atomic mass is 16.6. The van der Waals surface area contributed by atoms with Crippen LogP contribution in [-0.2, 0) is 0 Å². The van der Waals surface area contributed by atoms with Gasteiger partial charge in [0.15, 0.2) is 0 Å². The van der Waals surface area contributed by atoms with Gasteiger partial charge in [-0.15, -0.1) is 0 Å². The summed E-state index contributed by atoms with van der Waals surface area (Å²) in [5, 5.41) is 22.9. The molecular weight excluding hydrogens is 184 g/mol. The van der Waals surface area contributed by atoms with Crippen molar-refractivity contribution in [3.05, 3.63) is 29.8 Å². The minimum absolute atomic E-state index is 0.365. The minimum Gasteiger partial charge on any atom is -0.508 e. The Kier molecular flexibility index (Phi) is 3.34. The molecule has 1 aromatic carbocycles. The summed E-state index contributed by atoms with van der Waals surface area (Å²) < 4.78 is 0. The number of hydrogen-bond acceptors (Lipinski definition) is 2. The van der Waals surface area contributed by atoms with Crippen molar-refractivity contribution in [2.45, 2.75) is 18.8 Å². The van der Waals surface area contributed by atoms with E-state index in [-0.39, 0.29) is 0 Å². The van der Waals surface area contributed by atoms with Crippen LogP contribution in [0.4, 0.5) is 4.79 Å². The molecular formula is C10H12O4. The number of phenolic OH excluding ortho intramolecular Hbond substituents is 1. The van der Waals surface area contributed by atoms with Gasteiger partial charge < -0.3 is 15.3 Å². The van der Waals surface area contributed by atoms with Gasteiger partial charge in [-0.3, -0.25) is 0 Å². The van der Waals surface area contributed by atoms with Crippen LogP contribution in [0.2, 0.25) is 0 Å². The highest BCUT2D eigenvalue weighted by Gasteiger charge is 2.22. The Morgan fingerprint density at radius 2 is 1.57 bits per heavy atom. The summed E-state index contributed by atoms with van der Waals surface area (Å²) in [6.45, 7) is 0. The second-order valence-electron chi connectivity index (χ2n) is 3.15. The first kappa shape index (κ1) is 10.4. The van der Waals surface area contributed by atoms with Crippen LogP contribution in [0.3, 0.4) is 0 Å². The smallest absolute Gasteiger partial charge is 0.503 e. The SMILES string of the molecule is O=C(O)O.Oc1ccc(C2CC2)cc1. The van der Waals surface area contributed by atoms with E-state index in [2.05, 4.69) is 0 Å². The van der Waals surface area contributed by atoms with Gasteiger partial charge in [0.05, 0.1) is 0 Å². The maximum atomic E-state index is 8.96. The first-order valence-electron chi connectivity index (χ1n) is 4.30. The van der Waals surface area contributed by atoms with Crippen molar-refractivity contribution in [1.82, 2.24) is 0 Å². The van der Waals surface area contributed by atoms with E-state index in [1.54, 1.807) is 12.1 Å². The van der Waals surface area contributed by atoms with Crippen LogP contribution in [0.25, 0.3) is 0 Å². The Balaban J connectivity index is 0.000000213. The molecule has 0 aromatic heterocycles. The van der Waals surface area contributed by atoms with E-state index in [1.807, 2.05) is 12.1 Å². The largest absolute Gasteiger partial charge is 0.508 e. The van der Waals surface area contributed by atoms with Crippen molar-refractivity contribution in [3.8, 4) is 5.75 Å². The van der Waals surface area contributed by atoms with Gasteiger partial charge in [0.1, 0.15) is 5.75 Å². The first-order valence-corrected chi connectivity index (χ1v) is 4.30. The average Bonchev–Trinajstić information content (AvgIpc) is 2.87. The Morgan fingerprint density at radius 1 is 1.14 bits per heavy atom. The van der Waals surface area contributed by atoms with E-state index in [1.165, 1.54) is 18.4 Å². The van der Waals surface area contributed by atoms with Crippen molar-refractivity contribution in [2.24, 2.45) is 0 Å². The number of benzene rings is 1. The molecule has 4 heteroatoms. The van der Waals surface area contributed by atoms with Gasteiger partial charge in [0, 0.05) is 0 Å². The lowest BCUT2D eigenvalue weighted by Crippen LogP contribution is -1.81. The second kappa shape index (κ2) is 4.50. The molecule has 0 bridgehead atoms. The minimum atomic E-state index is -1.83. The van der Waals surface area contributed by atoms with Gasteiger partial charge in [0.2, 0.25) is 0 Å². The summed E-state index contributed by atoms with van der Waals surface area (Å²) in [4.78, 5) is 8.56. The average molecular weight is 196 g/mol. The summed E-state index contributed by atoms with van der Waals surface area (Å²) >= 11 is 0. The van der Waals surface area contributed by atoms with Crippen molar-refractivity contribution in [2.75, 3.05) is 0 Å². The molecule has 76 valence electrons. The summed E-state index contributed by atoms with van der Waals surface area (Å²) in [6.07, 6.45) is 0.815. The van der Waals surface area contributed by atoms with E-state index in [4.69, 9.17) is 20.1 Å². The Bertz CT molecular complexity index is 296. The lowest BCUT2D eigenvalue weighted by atomic mass is 10.1. The maximum absolute atomic E-state index is 8.96. The third-order valence-electron chi connectivity index (χ3n) is 1.94. The molecule has 0 atom stereocenters. The Hall–Kier alpha value is -1.71. The van der Waals surface area contributed by atoms with Crippen molar-refractivity contribution < 1.29 is 20.1 Å². The molecule has 0 aliphatic heterocycles. The summed E-state index contributed by atoms with van der Waals surface area (Å²) in [5.41, 5.74) is 1.37. The number of carboxylic acid groups (broad SMARTS) is 2. The highest BCUT2D eigenvalue weighted by Crippen LogP contribution is 2.40. The third kappa shape index (κ3) is 3.80. The Morgan fingerprint density at radius 3 is 1.93 bits per heavy atom. The molecule has 1 aliphatic carbocycles. The van der Waals surface area contributed by atoms with Gasteiger partial charge in [-0.1, -0.05) is 12.1 Å². The monoisotopic (exact) mass is 196 g/mol. The number of rotatable bonds is 1. The van der Waals surface area contributed by atoms with E-state index < -0.39 is 6.16 Å².